The SMILES string of the molecule is CC[C@@]1(c2ccc(F)cc2)NC(=O)N(CC(=O)N(C)[C@@H]2CCS(=O)(=O)C2)C1=O. The summed E-state index contributed by atoms with van der Waals surface area (Å²) in [6, 6.07) is 4.08. The Balaban J connectivity index is 1.78. The number of nitrogens with one attached hydrogen (secondary N) is 1. The molecule has 4 amide bonds. The van der Waals surface area contributed by atoms with Gasteiger partial charge in [-0.15, -0.1) is 0 Å². The molecule has 1 aromatic carbocycles. The van der Waals surface area contributed by atoms with E-state index in [4.69, 9.17) is 0 Å². The maximum Gasteiger partial charge on any atom is 0.325 e. The Hall–Kier alpha value is -2.49. The number of carbonyl (C=O) groups is 3. The van der Waals surface area contributed by atoms with Gasteiger partial charge >= 0.3 is 6.03 Å². The van der Waals surface area contributed by atoms with E-state index in [1.807, 2.05) is 0 Å². The molecule has 1 aromatic rings. The molecule has 0 spiro atoms. The van der Waals surface area contributed by atoms with Crippen molar-refractivity contribution < 1.29 is 27.2 Å². The smallest absolute Gasteiger partial charge is 0.325 e. The fourth-order valence-electron chi connectivity index (χ4n) is 3.67. The van der Waals surface area contributed by atoms with E-state index in [1.54, 1.807) is 6.92 Å². The van der Waals surface area contributed by atoms with E-state index >= 15 is 0 Å². The van der Waals surface area contributed by atoms with Crippen LogP contribution in [0.4, 0.5) is 9.18 Å². The Morgan fingerprint density at radius 2 is 1.96 bits per heavy atom. The lowest BCUT2D eigenvalue weighted by molar-refractivity contribution is -0.139. The van der Waals surface area contributed by atoms with E-state index in [0.29, 0.717) is 12.0 Å². The van der Waals surface area contributed by atoms with Gasteiger partial charge < -0.3 is 10.2 Å². The maximum atomic E-state index is 13.2. The van der Waals surface area contributed by atoms with Crippen molar-refractivity contribution in [3.63, 3.8) is 0 Å². The second-order valence-corrected chi connectivity index (χ2v) is 9.38. The summed E-state index contributed by atoms with van der Waals surface area (Å²) in [5.74, 6) is -1.68. The van der Waals surface area contributed by atoms with Crippen LogP contribution in [0.1, 0.15) is 25.3 Å². The van der Waals surface area contributed by atoms with Gasteiger partial charge in [-0.1, -0.05) is 19.1 Å². The molecule has 0 unspecified atom stereocenters. The third kappa shape index (κ3) is 3.48. The number of hydrogen-bond acceptors (Lipinski definition) is 5. The number of carbonyl (C=O) groups excluding carboxylic acids is 3. The van der Waals surface area contributed by atoms with E-state index in [2.05, 4.69) is 5.32 Å². The van der Waals surface area contributed by atoms with Crippen LogP contribution in [0.2, 0.25) is 0 Å². The van der Waals surface area contributed by atoms with E-state index in [1.165, 1.54) is 36.2 Å². The number of rotatable bonds is 5. The molecule has 2 fully saturated rings. The van der Waals surface area contributed by atoms with Crippen molar-refractivity contribution in [2.45, 2.75) is 31.3 Å². The minimum absolute atomic E-state index is 0.0158. The van der Waals surface area contributed by atoms with Gasteiger partial charge in [0.2, 0.25) is 5.91 Å². The van der Waals surface area contributed by atoms with Crippen molar-refractivity contribution in [2.24, 2.45) is 0 Å². The molecule has 0 saturated carbocycles. The molecule has 0 bridgehead atoms. The van der Waals surface area contributed by atoms with Gasteiger partial charge in [0, 0.05) is 13.1 Å². The fourth-order valence-corrected chi connectivity index (χ4v) is 5.45. The minimum atomic E-state index is -3.17. The lowest BCUT2D eigenvalue weighted by atomic mass is 9.87. The molecular weight excluding hydrogens is 389 g/mol. The molecule has 28 heavy (non-hydrogen) atoms. The first-order valence-corrected chi connectivity index (χ1v) is 10.8. The Bertz CT molecular complexity index is 918. The van der Waals surface area contributed by atoms with Gasteiger partial charge in [0.25, 0.3) is 5.91 Å². The summed E-state index contributed by atoms with van der Waals surface area (Å²) < 4.78 is 36.5. The van der Waals surface area contributed by atoms with Crippen molar-refractivity contribution in [3.05, 3.63) is 35.6 Å². The molecule has 2 aliphatic heterocycles. The van der Waals surface area contributed by atoms with Crippen LogP contribution in [0.25, 0.3) is 0 Å². The van der Waals surface area contributed by atoms with Crippen LogP contribution in [-0.2, 0) is 25.0 Å². The van der Waals surface area contributed by atoms with Crippen LogP contribution in [0.15, 0.2) is 24.3 Å². The Labute approximate surface area is 162 Å². The summed E-state index contributed by atoms with van der Waals surface area (Å²) in [6.07, 6.45) is 0.559. The molecule has 2 heterocycles. The zero-order valence-corrected chi connectivity index (χ0v) is 16.5. The Morgan fingerprint density at radius 3 is 2.50 bits per heavy atom. The number of urea groups is 1. The van der Waals surface area contributed by atoms with Gasteiger partial charge in [-0.05, 0) is 30.5 Å². The molecular formula is C18H22FN3O5S. The van der Waals surface area contributed by atoms with Gasteiger partial charge in [-0.3, -0.25) is 14.5 Å². The summed E-state index contributed by atoms with van der Waals surface area (Å²) in [4.78, 5) is 40.1. The lowest BCUT2D eigenvalue weighted by Gasteiger charge is -2.27. The first-order valence-electron chi connectivity index (χ1n) is 8.96. The minimum Gasteiger partial charge on any atom is -0.340 e. The molecule has 0 aliphatic carbocycles. The second-order valence-electron chi connectivity index (χ2n) is 7.15. The number of likely N-dealkylation sites (N-methyl/N-ethyl adjacent to an activating group) is 1. The number of sulfone groups is 1. The summed E-state index contributed by atoms with van der Waals surface area (Å²) in [6.45, 7) is 1.23. The number of amides is 4. The van der Waals surface area contributed by atoms with E-state index < -0.39 is 51.6 Å². The number of benzene rings is 1. The van der Waals surface area contributed by atoms with Crippen LogP contribution in [-0.4, -0.2) is 67.2 Å². The summed E-state index contributed by atoms with van der Waals surface area (Å²) in [7, 11) is -1.70. The topological polar surface area (TPSA) is 104 Å². The third-order valence-corrected chi connectivity index (χ3v) is 7.24. The normalized spacial score (nSPS) is 26.4. The van der Waals surface area contributed by atoms with Crippen molar-refractivity contribution in [2.75, 3.05) is 25.1 Å². The molecule has 0 radical (unpaired) electrons. The molecule has 2 atom stereocenters. The highest BCUT2D eigenvalue weighted by molar-refractivity contribution is 7.91. The molecule has 8 nitrogen and oxygen atoms in total. The van der Waals surface area contributed by atoms with Gasteiger partial charge in [-0.25, -0.2) is 17.6 Å². The number of hydrogen-bond donors (Lipinski definition) is 1. The largest absolute Gasteiger partial charge is 0.340 e. The van der Waals surface area contributed by atoms with Gasteiger partial charge in [0.15, 0.2) is 9.84 Å². The zero-order chi connectivity index (χ0) is 20.7. The van der Waals surface area contributed by atoms with Gasteiger partial charge in [0.05, 0.1) is 11.5 Å². The second kappa shape index (κ2) is 7.16. The number of imide groups is 1. The summed E-state index contributed by atoms with van der Waals surface area (Å²) >= 11 is 0. The monoisotopic (exact) mass is 411 g/mol. The van der Waals surface area contributed by atoms with Crippen LogP contribution in [0, 0.1) is 5.82 Å². The first-order chi connectivity index (χ1) is 13.1. The highest BCUT2D eigenvalue weighted by Crippen LogP contribution is 2.32. The number of nitrogens with zero attached hydrogens (tertiary/aromatic N) is 2. The van der Waals surface area contributed by atoms with Gasteiger partial charge in [-0.2, -0.15) is 0 Å². The van der Waals surface area contributed by atoms with Crippen LogP contribution < -0.4 is 5.32 Å². The van der Waals surface area contributed by atoms with E-state index in [-0.39, 0.29) is 17.9 Å². The first kappa shape index (κ1) is 20.2. The van der Waals surface area contributed by atoms with Crippen LogP contribution in [0.5, 0.6) is 0 Å². The van der Waals surface area contributed by atoms with Crippen molar-refractivity contribution in [3.8, 4) is 0 Å². The quantitative estimate of drug-likeness (QED) is 0.716. The van der Waals surface area contributed by atoms with Gasteiger partial charge in [0.1, 0.15) is 17.9 Å². The molecule has 10 heteroatoms. The molecule has 3 rings (SSSR count). The number of halogens is 1. The molecule has 2 aliphatic rings. The molecule has 0 aromatic heterocycles. The molecule has 1 N–H and O–H groups in total. The fraction of sp³-hybridized carbons (Fsp3) is 0.500. The van der Waals surface area contributed by atoms with Crippen molar-refractivity contribution in [1.82, 2.24) is 15.1 Å². The Kier molecular flexibility index (Phi) is 5.18. The molecule has 2 saturated heterocycles. The summed E-state index contributed by atoms with van der Waals surface area (Å²) in [5.41, 5.74) is -0.930. The maximum absolute atomic E-state index is 13.2. The average molecular weight is 411 g/mol. The lowest BCUT2D eigenvalue weighted by Crippen LogP contribution is -2.47. The van der Waals surface area contributed by atoms with Crippen LogP contribution in [0.3, 0.4) is 0 Å². The highest BCUT2D eigenvalue weighted by Gasteiger charge is 2.52. The van der Waals surface area contributed by atoms with E-state index in [9.17, 15) is 27.2 Å². The summed E-state index contributed by atoms with van der Waals surface area (Å²) in [5, 5.41) is 2.63. The highest BCUT2D eigenvalue weighted by atomic mass is 32.2. The predicted octanol–water partition coefficient (Wildman–Crippen LogP) is 0.628. The van der Waals surface area contributed by atoms with Crippen molar-refractivity contribution >= 4 is 27.7 Å². The third-order valence-electron chi connectivity index (χ3n) is 5.49. The van der Waals surface area contributed by atoms with Crippen LogP contribution >= 0.6 is 0 Å². The van der Waals surface area contributed by atoms with E-state index in [0.717, 1.165) is 4.90 Å². The average Bonchev–Trinajstić information content (AvgIpc) is 3.13. The molecule has 152 valence electrons. The zero-order valence-electron chi connectivity index (χ0n) is 15.6. The standard InChI is InChI=1S/C18H22FN3O5S/c1-3-18(12-4-6-13(19)7-5-12)16(24)22(17(25)20-18)10-15(23)21(2)14-8-9-28(26,27)11-14/h4-7,14H,3,8-11H2,1-2H3,(H,20,25)/t14-,18+/m1/s1. The van der Waals surface area contributed by atoms with Crippen molar-refractivity contribution in [1.29, 1.82) is 0 Å². The Morgan fingerprint density at radius 1 is 1.32 bits per heavy atom. The predicted molar refractivity (Wildman–Crippen MR) is 98.4 cm³/mol.